The Morgan fingerprint density at radius 3 is 3.00 bits per heavy atom. The zero-order valence-electron chi connectivity index (χ0n) is 14.9. The lowest BCUT2D eigenvalue weighted by Crippen LogP contribution is -2.45. The van der Waals surface area contributed by atoms with Crippen LogP contribution in [0.3, 0.4) is 0 Å². The number of carbonyl (C=O) groups excluding carboxylic acids is 1. The molecule has 1 atom stereocenters. The number of ether oxygens (including phenoxy) is 1. The fraction of sp³-hybridized carbons (Fsp3) is 0.500. The van der Waals surface area contributed by atoms with Gasteiger partial charge < -0.3 is 19.5 Å². The molecule has 2 heterocycles. The van der Waals surface area contributed by atoms with Crippen LogP contribution < -0.4 is 5.32 Å². The number of nitrogens with zero attached hydrogens (tertiary/aromatic N) is 3. The molecule has 1 saturated heterocycles. The molecular formula is C18H24N4O3. The van der Waals surface area contributed by atoms with Gasteiger partial charge in [-0.15, -0.1) is 0 Å². The van der Waals surface area contributed by atoms with E-state index in [4.69, 9.17) is 9.26 Å². The van der Waals surface area contributed by atoms with Crippen LogP contribution in [-0.4, -0.2) is 40.8 Å². The van der Waals surface area contributed by atoms with Gasteiger partial charge in [-0.05, 0) is 24.1 Å². The highest BCUT2D eigenvalue weighted by atomic mass is 16.5. The van der Waals surface area contributed by atoms with Crippen molar-refractivity contribution >= 4 is 11.7 Å². The van der Waals surface area contributed by atoms with Gasteiger partial charge in [0.05, 0.1) is 13.2 Å². The second-order valence-electron chi connectivity index (χ2n) is 6.41. The zero-order valence-corrected chi connectivity index (χ0v) is 14.9. The molecule has 1 aliphatic heterocycles. The molecule has 1 aliphatic rings. The van der Waals surface area contributed by atoms with Gasteiger partial charge in [-0.25, -0.2) is 4.79 Å². The van der Waals surface area contributed by atoms with Gasteiger partial charge in [0.1, 0.15) is 6.04 Å². The van der Waals surface area contributed by atoms with Crippen LogP contribution in [0.4, 0.5) is 10.5 Å². The molecule has 1 unspecified atom stereocenters. The summed E-state index contributed by atoms with van der Waals surface area (Å²) in [6, 6.07) is 7.33. The summed E-state index contributed by atoms with van der Waals surface area (Å²) >= 11 is 0. The van der Waals surface area contributed by atoms with Gasteiger partial charge in [0, 0.05) is 18.2 Å². The van der Waals surface area contributed by atoms with E-state index in [9.17, 15) is 4.79 Å². The van der Waals surface area contributed by atoms with Crippen molar-refractivity contribution in [3.63, 3.8) is 0 Å². The molecule has 3 rings (SSSR count). The molecular weight excluding hydrogens is 320 g/mol. The maximum atomic E-state index is 12.8. The number of aromatic nitrogens is 2. The Bertz CT molecular complexity index is 729. The molecule has 2 aromatic rings. The van der Waals surface area contributed by atoms with E-state index in [0.717, 1.165) is 12.1 Å². The molecule has 2 amide bonds. The molecule has 0 saturated carbocycles. The maximum Gasteiger partial charge on any atom is 0.322 e. The Balaban J connectivity index is 1.76. The summed E-state index contributed by atoms with van der Waals surface area (Å²) in [5.74, 6) is 1.20. The SMILES string of the molecule is CCc1cccc(NC(=O)N2CCOCC2c2noc(C(C)C)n2)c1. The molecule has 1 aromatic heterocycles. The lowest BCUT2D eigenvalue weighted by atomic mass is 10.1. The van der Waals surface area contributed by atoms with Crippen LogP contribution in [0.5, 0.6) is 0 Å². The lowest BCUT2D eigenvalue weighted by molar-refractivity contribution is 0.0110. The number of morpholine rings is 1. The second kappa shape index (κ2) is 7.65. The van der Waals surface area contributed by atoms with Crippen molar-refractivity contribution in [2.45, 2.75) is 39.2 Å². The van der Waals surface area contributed by atoms with E-state index in [0.29, 0.717) is 31.5 Å². The topological polar surface area (TPSA) is 80.5 Å². The van der Waals surface area contributed by atoms with Crippen molar-refractivity contribution in [1.29, 1.82) is 0 Å². The molecule has 0 spiro atoms. The van der Waals surface area contributed by atoms with E-state index in [1.807, 2.05) is 38.1 Å². The van der Waals surface area contributed by atoms with E-state index < -0.39 is 0 Å². The third-order valence-electron chi connectivity index (χ3n) is 4.23. The van der Waals surface area contributed by atoms with Gasteiger partial charge in [-0.3, -0.25) is 0 Å². The van der Waals surface area contributed by atoms with Gasteiger partial charge in [-0.2, -0.15) is 4.98 Å². The lowest BCUT2D eigenvalue weighted by Gasteiger charge is -2.33. The van der Waals surface area contributed by atoms with Crippen LogP contribution in [0, 0.1) is 0 Å². The number of amides is 2. The van der Waals surface area contributed by atoms with Crippen molar-refractivity contribution in [2.75, 3.05) is 25.1 Å². The first-order valence-electron chi connectivity index (χ1n) is 8.66. The highest BCUT2D eigenvalue weighted by Crippen LogP contribution is 2.24. The van der Waals surface area contributed by atoms with Crippen LogP contribution in [-0.2, 0) is 11.2 Å². The first-order chi connectivity index (χ1) is 12.1. The van der Waals surface area contributed by atoms with E-state index in [2.05, 4.69) is 22.4 Å². The highest BCUT2D eigenvalue weighted by Gasteiger charge is 2.32. The number of hydrogen-bond acceptors (Lipinski definition) is 5. The predicted octanol–water partition coefficient (Wildman–Crippen LogP) is 3.36. The number of hydrogen-bond donors (Lipinski definition) is 1. The Labute approximate surface area is 147 Å². The zero-order chi connectivity index (χ0) is 17.8. The number of carbonyl (C=O) groups is 1. The van der Waals surface area contributed by atoms with Gasteiger partial charge in [0.25, 0.3) is 0 Å². The van der Waals surface area contributed by atoms with E-state index in [1.165, 1.54) is 5.56 Å². The smallest absolute Gasteiger partial charge is 0.322 e. The predicted molar refractivity (Wildman–Crippen MR) is 93.5 cm³/mol. The molecule has 134 valence electrons. The normalized spacial score (nSPS) is 17.8. The molecule has 1 N–H and O–H groups in total. The van der Waals surface area contributed by atoms with Crippen molar-refractivity contribution in [3.05, 3.63) is 41.5 Å². The monoisotopic (exact) mass is 344 g/mol. The maximum absolute atomic E-state index is 12.8. The summed E-state index contributed by atoms with van der Waals surface area (Å²) in [6.45, 7) is 7.39. The summed E-state index contributed by atoms with van der Waals surface area (Å²) in [7, 11) is 0. The molecule has 0 bridgehead atoms. The van der Waals surface area contributed by atoms with Gasteiger partial charge in [-0.1, -0.05) is 38.1 Å². The van der Waals surface area contributed by atoms with Crippen LogP contribution in [0.15, 0.2) is 28.8 Å². The Morgan fingerprint density at radius 1 is 1.44 bits per heavy atom. The number of aryl methyl sites for hydroxylation is 1. The number of rotatable bonds is 4. The standard InChI is InChI=1S/C18H24N4O3/c1-4-13-6-5-7-14(10-13)19-18(23)22-8-9-24-11-15(22)16-20-17(12(2)3)25-21-16/h5-7,10,12,15H,4,8-9,11H2,1-3H3,(H,19,23). The van der Waals surface area contributed by atoms with E-state index >= 15 is 0 Å². The minimum absolute atomic E-state index is 0.143. The summed E-state index contributed by atoms with van der Waals surface area (Å²) in [6.07, 6.45) is 0.921. The summed E-state index contributed by atoms with van der Waals surface area (Å²) in [4.78, 5) is 18.9. The van der Waals surface area contributed by atoms with Crippen LogP contribution in [0.25, 0.3) is 0 Å². The molecule has 1 aromatic carbocycles. The number of nitrogens with one attached hydrogen (secondary N) is 1. The average Bonchev–Trinajstić information content (AvgIpc) is 3.12. The third kappa shape index (κ3) is 3.99. The fourth-order valence-corrected chi connectivity index (χ4v) is 2.74. The Kier molecular flexibility index (Phi) is 5.33. The van der Waals surface area contributed by atoms with E-state index in [-0.39, 0.29) is 18.0 Å². The Morgan fingerprint density at radius 2 is 2.28 bits per heavy atom. The molecule has 25 heavy (non-hydrogen) atoms. The summed E-state index contributed by atoms with van der Waals surface area (Å²) in [5.41, 5.74) is 1.96. The fourth-order valence-electron chi connectivity index (χ4n) is 2.74. The third-order valence-corrected chi connectivity index (χ3v) is 4.23. The van der Waals surface area contributed by atoms with E-state index in [1.54, 1.807) is 4.90 Å². The quantitative estimate of drug-likeness (QED) is 0.920. The van der Waals surface area contributed by atoms with Gasteiger partial charge in [0.15, 0.2) is 5.82 Å². The highest BCUT2D eigenvalue weighted by molar-refractivity contribution is 5.89. The van der Waals surface area contributed by atoms with Crippen molar-refractivity contribution in [3.8, 4) is 0 Å². The summed E-state index contributed by atoms with van der Waals surface area (Å²) < 4.78 is 10.8. The molecule has 7 heteroatoms. The van der Waals surface area contributed by atoms with Crippen LogP contribution in [0.1, 0.15) is 50.0 Å². The minimum Gasteiger partial charge on any atom is -0.377 e. The Hall–Kier alpha value is -2.41. The average molecular weight is 344 g/mol. The number of anilines is 1. The van der Waals surface area contributed by atoms with Crippen molar-refractivity contribution < 1.29 is 14.1 Å². The molecule has 1 fully saturated rings. The van der Waals surface area contributed by atoms with Crippen molar-refractivity contribution in [1.82, 2.24) is 15.0 Å². The van der Waals surface area contributed by atoms with Gasteiger partial charge >= 0.3 is 6.03 Å². The second-order valence-corrected chi connectivity index (χ2v) is 6.41. The van der Waals surface area contributed by atoms with Crippen LogP contribution in [0.2, 0.25) is 0 Å². The molecule has 0 aliphatic carbocycles. The molecule has 7 nitrogen and oxygen atoms in total. The van der Waals surface area contributed by atoms with Gasteiger partial charge in [0.2, 0.25) is 5.89 Å². The van der Waals surface area contributed by atoms with Crippen LogP contribution >= 0.6 is 0 Å². The largest absolute Gasteiger partial charge is 0.377 e. The van der Waals surface area contributed by atoms with Crippen molar-refractivity contribution in [2.24, 2.45) is 0 Å². The molecule has 0 radical (unpaired) electrons. The number of urea groups is 1. The minimum atomic E-state index is -0.348. The first kappa shape index (κ1) is 17.4. The summed E-state index contributed by atoms with van der Waals surface area (Å²) in [5, 5.41) is 7.00. The first-order valence-corrected chi connectivity index (χ1v) is 8.66. The number of benzene rings is 1.